The molecule has 2 aromatic carbocycles. The standard InChI is InChI=1S/C23H27N3O3/c1-6-16(3)24-23(27)21-14-20(19-11-10-18(28-4)13-22(19)29-5)25-26(21)17-9-7-8-15(2)12-17/h7-14,16H,6H2,1-5H3,(H,24,27)/t16-/m0/s1. The number of hydrogen-bond donors (Lipinski definition) is 1. The minimum Gasteiger partial charge on any atom is -0.497 e. The maximum atomic E-state index is 13.0. The molecule has 0 unspecified atom stereocenters. The predicted molar refractivity (Wildman–Crippen MR) is 114 cm³/mol. The summed E-state index contributed by atoms with van der Waals surface area (Å²) in [6, 6.07) is 15.3. The summed E-state index contributed by atoms with van der Waals surface area (Å²) in [5, 5.41) is 7.78. The van der Waals surface area contributed by atoms with E-state index in [2.05, 4.69) is 5.32 Å². The molecule has 1 N–H and O–H groups in total. The van der Waals surface area contributed by atoms with Gasteiger partial charge in [0.25, 0.3) is 5.91 Å². The summed E-state index contributed by atoms with van der Waals surface area (Å²) < 4.78 is 12.5. The van der Waals surface area contributed by atoms with Crippen molar-refractivity contribution in [2.75, 3.05) is 14.2 Å². The molecule has 0 aliphatic heterocycles. The Kier molecular flexibility index (Phi) is 6.22. The fourth-order valence-electron chi connectivity index (χ4n) is 3.04. The Morgan fingerprint density at radius 3 is 2.59 bits per heavy atom. The van der Waals surface area contributed by atoms with Gasteiger partial charge in [0.1, 0.15) is 17.2 Å². The van der Waals surface area contributed by atoms with Crippen molar-refractivity contribution in [1.82, 2.24) is 15.1 Å². The van der Waals surface area contributed by atoms with Gasteiger partial charge >= 0.3 is 0 Å². The van der Waals surface area contributed by atoms with Crippen LogP contribution in [0, 0.1) is 6.92 Å². The van der Waals surface area contributed by atoms with Crippen LogP contribution in [0.25, 0.3) is 16.9 Å². The molecule has 1 aromatic heterocycles. The number of methoxy groups -OCH3 is 2. The Bertz CT molecular complexity index is 1010. The van der Waals surface area contributed by atoms with Gasteiger partial charge in [-0.15, -0.1) is 0 Å². The monoisotopic (exact) mass is 393 g/mol. The first-order valence-electron chi connectivity index (χ1n) is 9.67. The van der Waals surface area contributed by atoms with Crippen LogP contribution < -0.4 is 14.8 Å². The van der Waals surface area contributed by atoms with Gasteiger partial charge in [-0.05, 0) is 56.2 Å². The summed E-state index contributed by atoms with van der Waals surface area (Å²) in [5.41, 5.74) is 3.84. The number of ether oxygens (including phenoxy) is 2. The fourth-order valence-corrected chi connectivity index (χ4v) is 3.04. The molecule has 29 heavy (non-hydrogen) atoms. The molecule has 0 bridgehead atoms. The van der Waals surface area contributed by atoms with Gasteiger partial charge in [0.2, 0.25) is 0 Å². The number of carbonyl (C=O) groups excluding carboxylic acids is 1. The highest BCUT2D eigenvalue weighted by molar-refractivity contribution is 5.94. The van der Waals surface area contributed by atoms with Gasteiger partial charge in [-0.2, -0.15) is 5.10 Å². The lowest BCUT2D eigenvalue weighted by Crippen LogP contribution is -2.33. The molecular weight excluding hydrogens is 366 g/mol. The van der Waals surface area contributed by atoms with Crippen LogP contribution in [0.2, 0.25) is 0 Å². The maximum absolute atomic E-state index is 13.0. The summed E-state index contributed by atoms with van der Waals surface area (Å²) in [6.45, 7) is 6.04. The van der Waals surface area contributed by atoms with Gasteiger partial charge in [0.15, 0.2) is 0 Å². The van der Waals surface area contributed by atoms with Crippen LogP contribution in [-0.4, -0.2) is 35.9 Å². The average molecular weight is 393 g/mol. The predicted octanol–water partition coefficient (Wildman–Crippen LogP) is 4.39. The van der Waals surface area contributed by atoms with Crippen LogP contribution in [0.15, 0.2) is 48.5 Å². The number of carbonyl (C=O) groups is 1. The first-order valence-corrected chi connectivity index (χ1v) is 9.67. The third-order valence-electron chi connectivity index (χ3n) is 4.86. The van der Waals surface area contributed by atoms with E-state index in [9.17, 15) is 4.79 Å². The molecule has 152 valence electrons. The molecule has 0 aliphatic carbocycles. The molecule has 0 saturated carbocycles. The van der Waals surface area contributed by atoms with E-state index in [0.717, 1.165) is 23.2 Å². The summed E-state index contributed by atoms with van der Waals surface area (Å²) in [6.07, 6.45) is 0.851. The van der Waals surface area contributed by atoms with Crippen LogP contribution in [0.4, 0.5) is 0 Å². The van der Waals surface area contributed by atoms with Gasteiger partial charge < -0.3 is 14.8 Å². The largest absolute Gasteiger partial charge is 0.497 e. The number of amides is 1. The second-order valence-corrected chi connectivity index (χ2v) is 7.01. The summed E-state index contributed by atoms with van der Waals surface area (Å²) in [5.74, 6) is 1.16. The summed E-state index contributed by atoms with van der Waals surface area (Å²) in [7, 11) is 3.21. The molecule has 0 saturated heterocycles. The number of nitrogens with one attached hydrogen (secondary N) is 1. The highest BCUT2D eigenvalue weighted by Crippen LogP contribution is 2.33. The molecule has 1 heterocycles. The zero-order valence-electron chi connectivity index (χ0n) is 17.5. The van der Waals surface area contributed by atoms with Crippen LogP contribution in [0.5, 0.6) is 11.5 Å². The number of rotatable bonds is 7. The van der Waals surface area contributed by atoms with E-state index < -0.39 is 0 Å². The first-order chi connectivity index (χ1) is 14.0. The third-order valence-corrected chi connectivity index (χ3v) is 4.86. The SMILES string of the molecule is CC[C@H](C)NC(=O)c1cc(-c2ccc(OC)cc2OC)nn1-c1cccc(C)c1. The van der Waals surface area contributed by atoms with Crippen LogP contribution in [0.1, 0.15) is 36.3 Å². The highest BCUT2D eigenvalue weighted by atomic mass is 16.5. The lowest BCUT2D eigenvalue weighted by molar-refractivity contribution is 0.0931. The van der Waals surface area contributed by atoms with Crippen molar-refractivity contribution in [1.29, 1.82) is 0 Å². The fraction of sp³-hybridized carbons (Fsp3) is 0.304. The topological polar surface area (TPSA) is 65.4 Å². The van der Waals surface area contributed by atoms with E-state index in [1.54, 1.807) is 31.0 Å². The Labute approximate surface area is 171 Å². The minimum atomic E-state index is -0.160. The Balaban J connectivity index is 2.13. The van der Waals surface area contributed by atoms with Crippen molar-refractivity contribution in [2.24, 2.45) is 0 Å². The summed E-state index contributed by atoms with van der Waals surface area (Å²) in [4.78, 5) is 13.0. The Morgan fingerprint density at radius 2 is 1.93 bits per heavy atom. The van der Waals surface area contributed by atoms with Gasteiger partial charge in [-0.1, -0.05) is 19.1 Å². The molecule has 0 aliphatic rings. The smallest absolute Gasteiger partial charge is 0.270 e. The van der Waals surface area contributed by atoms with E-state index in [1.807, 2.05) is 57.2 Å². The molecular formula is C23H27N3O3. The molecule has 1 amide bonds. The number of aromatic nitrogens is 2. The normalized spacial score (nSPS) is 11.8. The quantitative estimate of drug-likeness (QED) is 0.646. The van der Waals surface area contributed by atoms with Gasteiger partial charge in [-0.25, -0.2) is 4.68 Å². The van der Waals surface area contributed by atoms with Gasteiger partial charge in [-0.3, -0.25) is 4.79 Å². The molecule has 0 spiro atoms. The van der Waals surface area contributed by atoms with Crippen LogP contribution in [0.3, 0.4) is 0 Å². The molecule has 1 atom stereocenters. The van der Waals surface area contributed by atoms with Crippen molar-refractivity contribution in [3.8, 4) is 28.4 Å². The van der Waals surface area contributed by atoms with Crippen molar-refractivity contribution >= 4 is 5.91 Å². The zero-order chi connectivity index (χ0) is 21.0. The first kappa shape index (κ1) is 20.5. The van der Waals surface area contributed by atoms with Gasteiger partial charge in [0, 0.05) is 17.7 Å². The lowest BCUT2D eigenvalue weighted by Gasteiger charge is -2.12. The number of aryl methyl sites for hydroxylation is 1. The molecule has 6 nitrogen and oxygen atoms in total. The molecule has 6 heteroatoms. The maximum Gasteiger partial charge on any atom is 0.270 e. The molecule has 3 aromatic rings. The van der Waals surface area contributed by atoms with Crippen LogP contribution in [-0.2, 0) is 0 Å². The molecule has 0 radical (unpaired) electrons. The van der Waals surface area contributed by atoms with Gasteiger partial charge in [0.05, 0.1) is 25.6 Å². The second kappa shape index (κ2) is 8.82. The lowest BCUT2D eigenvalue weighted by atomic mass is 10.1. The van der Waals surface area contributed by atoms with Crippen molar-refractivity contribution in [3.63, 3.8) is 0 Å². The minimum absolute atomic E-state index is 0.0716. The van der Waals surface area contributed by atoms with Crippen molar-refractivity contribution in [3.05, 3.63) is 59.8 Å². The van der Waals surface area contributed by atoms with E-state index >= 15 is 0 Å². The number of nitrogens with zero attached hydrogens (tertiary/aromatic N) is 2. The average Bonchev–Trinajstić information content (AvgIpc) is 3.18. The highest BCUT2D eigenvalue weighted by Gasteiger charge is 2.20. The van der Waals surface area contributed by atoms with Crippen molar-refractivity contribution in [2.45, 2.75) is 33.2 Å². The molecule has 3 rings (SSSR count). The Hall–Kier alpha value is -3.28. The third kappa shape index (κ3) is 4.42. The number of benzene rings is 2. The van der Waals surface area contributed by atoms with E-state index in [4.69, 9.17) is 14.6 Å². The van der Waals surface area contributed by atoms with E-state index in [1.165, 1.54) is 0 Å². The molecule has 0 fully saturated rings. The van der Waals surface area contributed by atoms with E-state index in [0.29, 0.717) is 22.9 Å². The number of hydrogen-bond acceptors (Lipinski definition) is 4. The zero-order valence-corrected chi connectivity index (χ0v) is 17.5. The summed E-state index contributed by atoms with van der Waals surface area (Å²) >= 11 is 0. The van der Waals surface area contributed by atoms with E-state index in [-0.39, 0.29) is 11.9 Å². The second-order valence-electron chi connectivity index (χ2n) is 7.01. The van der Waals surface area contributed by atoms with Crippen molar-refractivity contribution < 1.29 is 14.3 Å². The Morgan fingerprint density at radius 1 is 1.14 bits per heavy atom. The van der Waals surface area contributed by atoms with Crippen LogP contribution >= 0.6 is 0 Å².